The van der Waals surface area contributed by atoms with Crippen molar-refractivity contribution < 1.29 is 29.6 Å². The molecule has 5 atom stereocenters. The molecule has 0 saturated heterocycles. The highest BCUT2D eigenvalue weighted by Crippen LogP contribution is 2.36. The maximum Gasteiger partial charge on any atom is 0.306 e. The van der Waals surface area contributed by atoms with E-state index in [2.05, 4.69) is 0 Å². The number of aliphatic hydroxyl groups excluding tert-OH is 3. The lowest BCUT2D eigenvalue weighted by Gasteiger charge is -2.19. The summed E-state index contributed by atoms with van der Waals surface area (Å²) in [6.07, 6.45) is 8.86. The Balaban J connectivity index is 1.73. The van der Waals surface area contributed by atoms with Crippen LogP contribution in [0.5, 0.6) is 5.75 Å². The predicted octanol–water partition coefficient (Wildman–Crippen LogP) is 3.80. The number of carbonyl (C=O) groups excluding carboxylic acids is 1. The molecule has 0 spiro atoms. The first-order valence-corrected chi connectivity index (χ1v) is 11.6. The van der Waals surface area contributed by atoms with Crippen LogP contribution in [0.4, 0.5) is 0 Å². The number of hydrogen-bond donors (Lipinski definition) is 3. The fourth-order valence-corrected chi connectivity index (χ4v) is 3.93. The van der Waals surface area contributed by atoms with Gasteiger partial charge in [0.15, 0.2) is 0 Å². The summed E-state index contributed by atoms with van der Waals surface area (Å²) >= 11 is 0. The maximum absolute atomic E-state index is 11.5. The van der Waals surface area contributed by atoms with Crippen LogP contribution in [0, 0.1) is 11.8 Å². The topological polar surface area (TPSA) is 96.2 Å². The van der Waals surface area contributed by atoms with Gasteiger partial charge < -0.3 is 24.8 Å². The van der Waals surface area contributed by atoms with Crippen LogP contribution < -0.4 is 4.74 Å². The van der Waals surface area contributed by atoms with Gasteiger partial charge in [0.1, 0.15) is 5.75 Å². The second-order valence-electron chi connectivity index (χ2n) is 8.65. The first-order chi connectivity index (χ1) is 15.4. The van der Waals surface area contributed by atoms with Gasteiger partial charge in [-0.25, -0.2) is 0 Å². The van der Waals surface area contributed by atoms with E-state index in [4.69, 9.17) is 9.47 Å². The van der Waals surface area contributed by atoms with Crippen LogP contribution in [0.2, 0.25) is 0 Å². The molecule has 1 aliphatic rings. The molecule has 0 aliphatic heterocycles. The van der Waals surface area contributed by atoms with Crippen molar-refractivity contribution in [3.63, 3.8) is 0 Å². The van der Waals surface area contributed by atoms with Crippen LogP contribution >= 0.6 is 0 Å². The standard InChI is InChI=1S/C26H38O6/c1-19(2)32-26(30)13-9-4-3-8-12-22-23(25(29)18-24(22)28)15-14-20(27)16-17-31-21-10-6-5-7-11-21/h3,5-8,10-11,14-15,19-20,22-25,27-29H,4,9,12-13,16-18H2,1-2H3. The van der Waals surface area contributed by atoms with Crippen LogP contribution in [0.1, 0.15) is 52.4 Å². The zero-order chi connectivity index (χ0) is 23.3. The summed E-state index contributed by atoms with van der Waals surface area (Å²) < 4.78 is 10.7. The Bertz CT molecular complexity index is 714. The van der Waals surface area contributed by atoms with E-state index in [1.807, 2.05) is 62.4 Å². The zero-order valence-corrected chi connectivity index (χ0v) is 19.2. The van der Waals surface area contributed by atoms with Crippen molar-refractivity contribution in [1.82, 2.24) is 0 Å². The molecule has 1 aromatic carbocycles. The van der Waals surface area contributed by atoms with Gasteiger partial charge in [-0.05, 0) is 51.2 Å². The summed E-state index contributed by atoms with van der Waals surface area (Å²) in [5.41, 5.74) is 0. The van der Waals surface area contributed by atoms with E-state index < -0.39 is 18.3 Å². The Labute approximate surface area is 191 Å². The fourth-order valence-electron chi connectivity index (χ4n) is 3.93. The molecule has 3 N–H and O–H groups in total. The van der Waals surface area contributed by atoms with Crippen LogP contribution in [0.15, 0.2) is 54.6 Å². The molecule has 0 amide bonds. The normalized spacial score (nSPS) is 24.4. The SMILES string of the molecule is CC(C)OC(=O)CCCC=CCC1C(O)CC(O)C1C=CC(O)CCOc1ccccc1. The van der Waals surface area contributed by atoms with E-state index >= 15 is 0 Å². The first-order valence-electron chi connectivity index (χ1n) is 11.6. The molecule has 0 bridgehead atoms. The third-order valence-corrected chi connectivity index (χ3v) is 5.59. The summed E-state index contributed by atoms with van der Waals surface area (Å²) in [5.74, 6) is 0.277. The molecule has 6 nitrogen and oxygen atoms in total. The van der Waals surface area contributed by atoms with Gasteiger partial charge in [0.05, 0.1) is 31.0 Å². The third-order valence-electron chi connectivity index (χ3n) is 5.59. The molecule has 32 heavy (non-hydrogen) atoms. The number of allylic oxidation sites excluding steroid dienone is 2. The van der Waals surface area contributed by atoms with Crippen LogP contribution in [0.3, 0.4) is 0 Å². The van der Waals surface area contributed by atoms with Gasteiger partial charge in [-0.2, -0.15) is 0 Å². The molecule has 1 saturated carbocycles. The van der Waals surface area contributed by atoms with E-state index in [0.29, 0.717) is 32.3 Å². The lowest BCUT2D eigenvalue weighted by Crippen LogP contribution is -2.20. The zero-order valence-electron chi connectivity index (χ0n) is 19.2. The molecule has 1 fully saturated rings. The predicted molar refractivity (Wildman–Crippen MR) is 124 cm³/mol. The highest BCUT2D eigenvalue weighted by Gasteiger charge is 2.39. The van der Waals surface area contributed by atoms with E-state index in [1.54, 1.807) is 6.08 Å². The van der Waals surface area contributed by atoms with Gasteiger partial charge in [-0.1, -0.05) is 42.5 Å². The minimum absolute atomic E-state index is 0.0896. The minimum atomic E-state index is -0.676. The van der Waals surface area contributed by atoms with Gasteiger partial charge in [0.2, 0.25) is 0 Å². The van der Waals surface area contributed by atoms with Crippen molar-refractivity contribution in [2.45, 2.75) is 76.8 Å². The molecular weight excluding hydrogens is 408 g/mol. The number of ether oxygens (including phenoxy) is 2. The second kappa shape index (κ2) is 14.1. The van der Waals surface area contributed by atoms with Crippen LogP contribution in [-0.2, 0) is 9.53 Å². The summed E-state index contributed by atoms with van der Waals surface area (Å²) in [6, 6.07) is 9.45. The Hall–Kier alpha value is -2.15. The largest absolute Gasteiger partial charge is 0.493 e. The Morgan fingerprint density at radius 3 is 2.62 bits per heavy atom. The molecule has 178 valence electrons. The number of rotatable bonds is 13. The van der Waals surface area contributed by atoms with Crippen molar-refractivity contribution in [3.8, 4) is 5.75 Å². The first kappa shape index (κ1) is 26.1. The highest BCUT2D eigenvalue weighted by molar-refractivity contribution is 5.69. The monoisotopic (exact) mass is 446 g/mol. The number of esters is 1. The number of hydrogen-bond acceptors (Lipinski definition) is 6. The van der Waals surface area contributed by atoms with Crippen molar-refractivity contribution in [3.05, 3.63) is 54.6 Å². The lowest BCUT2D eigenvalue weighted by molar-refractivity contribution is -0.147. The summed E-state index contributed by atoms with van der Waals surface area (Å²) in [6.45, 7) is 4.06. The molecule has 5 unspecified atom stereocenters. The van der Waals surface area contributed by atoms with Gasteiger partial charge in [0.25, 0.3) is 0 Å². The average Bonchev–Trinajstić information content (AvgIpc) is 3.01. The quantitative estimate of drug-likeness (QED) is 0.242. The molecule has 0 radical (unpaired) electrons. The summed E-state index contributed by atoms with van der Waals surface area (Å²) in [5, 5.41) is 30.9. The van der Waals surface area contributed by atoms with E-state index in [-0.39, 0.29) is 23.9 Å². The number of aliphatic hydroxyl groups is 3. The maximum atomic E-state index is 11.5. The van der Waals surface area contributed by atoms with Gasteiger partial charge >= 0.3 is 5.97 Å². The third kappa shape index (κ3) is 9.55. The van der Waals surface area contributed by atoms with Crippen molar-refractivity contribution >= 4 is 5.97 Å². The van der Waals surface area contributed by atoms with Crippen molar-refractivity contribution in [2.24, 2.45) is 11.8 Å². The summed E-state index contributed by atoms with van der Waals surface area (Å²) in [4.78, 5) is 11.5. The van der Waals surface area contributed by atoms with Gasteiger partial charge in [-0.3, -0.25) is 4.79 Å². The Morgan fingerprint density at radius 2 is 1.91 bits per heavy atom. The van der Waals surface area contributed by atoms with Crippen molar-refractivity contribution in [1.29, 1.82) is 0 Å². The van der Waals surface area contributed by atoms with E-state index in [9.17, 15) is 20.1 Å². The smallest absolute Gasteiger partial charge is 0.306 e. The van der Waals surface area contributed by atoms with Crippen LogP contribution in [-0.4, -0.2) is 52.3 Å². The second-order valence-corrected chi connectivity index (χ2v) is 8.65. The number of carbonyl (C=O) groups is 1. The molecule has 0 heterocycles. The molecular formula is C26H38O6. The number of benzene rings is 1. The molecule has 1 aromatic rings. The highest BCUT2D eigenvalue weighted by atomic mass is 16.5. The van der Waals surface area contributed by atoms with Gasteiger partial charge in [0, 0.05) is 25.2 Å². The van der Waals surface area contributed by atoms with Gasteiger partial charge in [-0.15, -0.1) is 0 Å². The minimum Gasteiger partial charge on any atom is -0.493 e. The fraction of sp³-hybridized carbons (Fsp3) is 0.577. The molecule has 1 aliphatic carbocycles. The Kier molecular flexibility index (Phi) is 11.5. The molecule has 2 rings (SSSR count). The lowest BCUT2D eigenvalue weighted by atomic mass is 9.89. The number of unbranched alkanes of at least 4 members (excludes halogenated alkanes) is 1. The van der Waals surface area contributed by atoms with E-state index in [1.165, 1.54) is 0 Å². The van der Waals surface area contributed by atoms with Crippen LogP contribution in [0.25, 0.3) is 0 Å². The molecule has 0 aromatic heterocycles. The average molecular weight is 447 g/mol. The van der Waals surface area contributed by atoms with Crippen molar-refractivity contribution in [2.75, 3.05) is 6.61 Å². The summed E-state index contributed by atoms with van der Waals surface area (Å²) in [7, 11) is 0. The molecule has 6 heteroatoms. The van der Waals surface area contributed by atoms with E-state index in [0.717, 1.165) is 18.6 Å². The number of para-hydroxylation sites is 1. The Morgan fingerprint density at radius 1 is 1.16 bits per heavy atom.